The molecular weight excluding hydrogens is 221 g/mol. The summed E-state index contributed by atoms with van der Waals surface area (Å²) in [5, 5.41) is 2.57. The van der Waals surface area contributed by atoms with E-state index >= 15 is 0 Å². The summed E-state index contributed by atoms with van der Waals surface area (Å²) in [5.74, 6) is 0. The first-order valence-corrected chi connectivity index (χ1v) is 3.27. The van der Waals surface area contributed by atoms with Gasteiger partial charge >= 0.3 is 0 Å². The quantitative estimate of drug-likeness (QED) is 0.336. The first-order chi connectivity index (χ1) is 3.77. The number of rotatable bonds is 3. The maximum absolute atomic E-state index is 10.1. The van der Waals surface area contributed by atoms with Crippen molar-refractivity contribution in [1.82, 2.24) is 5.32 Å². The van der Waals surface area contributed by atoms with E-state index in [4.69, 9.17) is 0 Å². The zero-order chi connectivity index (χ0) is 6.41. The highest BCUT2D eigenvalue weighted by atomic mass is 127. The summed E-state index contributed by atoms with van der Waals surface area (Å²) in [7, 11) is 1.60. The number of halogens is 1. The standard InChI is InChI=1S/C4H8INO2/c1-8-3-2-6-4(5)7/h2-3H2,1H3,(H,6,7). The van der Waals surface area contributed by atoms with Crippen molar-refractivity contribution in [2.75, 3.05) is 20.3 Å². The molecule has 0 rings (SSSR count). The summed E-state index contributed by atoms with van der Waals surface area (Å²) in [6.07, 6.45) is 0. The molecule has 0 heterocycles. The molecule has 3 nitrogen and oxygen atoms in total. The lowest BCUT2D eigenvalue weighted by atomic mass is 10.7. The lowest BCUT2D eigenvalue weighted by Gasteiger charge is -1.96. The molecule has 0 aromatic heterocycles. The van der Waals surface area contributed by atoms with Gasteiger partial charge in [-0.2, -0.15) is 0 Å². The highest BCUT2D eigenvalue weighted by molar-refractivity contribution is 14.1. The van der Waals surface area contributed by atoms with Gasteiger partial charge in [-0.25, -0.2) is 0 Å². The summed E-state index contributed by atoms with van der Waals surface area (Å²) in [6.45, 7) is 1.17. The lowest BCUT2D eigenvalue weighted by molar-refractivity contribution is 0.200. The molecule has 1 amide bonds. The molecule has 0 fully saturated rings. The average Bonchev–Trinajstić information content (AvgIpc) is 1.66. The Morgan fingerprint density at radius 2 is 2.50 bits per heavy atom. The van der Waals surface area contributed by atoms with E-state index in [0.29, 0.717) is 13.2 Å². The zero-order valence-corrected chi connectivity index (χ0v) is 6.77. The molecule has 4 heteroatoms. The molecule has 0 atom stereocenters. The van der Waals surface area contributed by atoms with Crippen LogP contribution in [0.4, 0.5) is 4.79 Å². The van der Waals surface area contributed by atoms with Gasteiger partial charge in [-0.3, -0.25) is 4.79 Å². The Labute approximate surface area is 61.9 Å². The van der Waals surface area contributed by atoms with Crippen LogP contribution in [0, 0.1) is 0 Å². The van der Waals surface area contributed by atoms with E-state index in [-0.39, 0.29) is 3.91 Å². The predicted molar refractivity (Wildman–Crippen MR) is 39.3 cm³/mol. The van der Waals surface area contributed by atoms with Gasteiger partial charge in [0.25, 0.3) is 3.91 Å². The molecule has 0 radical (unpaired) electrons. The lowest BCUT2D eigenvalue weighted by Crippen LogP contribution is -2.20. The number of hydrogen-bond donors (Lipinski definition) is 1. The SMILES string of the molecule is COCCNC(=O)I. The molecule has 48 valence electrons. The topological polar surface area (TPSA) is 38.3 Å². The largest absolute Gasteiger partial charge is 0.383 e. The second-order valence-electron chi connectivity index (χ2n) is 1.19. The Hall–Kier alpha value is 0.160. The van der Waals surface area contributed by atoms with Crippen LogP contribution in [0.5, 0.6) is 0 Å². The van der Waals surface area contributed by atoms with E-state index in [1.165, 1.54) is 0 Å². The summed E-state index contributed by atoms with van der Waals surface area (Å²) in [6, 6.07) is 0. The minimum atomic E-state index is -0.0420. The number of methoxy groups -OCH3 is 1. The van der Waals surface area contributed by atoms with Gasteiger partial charge in [-0.05, 0) is 0 Å². The molecule has 0 aliphatic carbocycles. The van der Waals surface area contributed by atoms with Crippen molar-refractivity contribution in [1.29, 1.82) is 0 Å². The van der Waals surface area contributed by atoms with Gasteiger partial charge in [0, 0.05) is 36.2 Å². The van der Waals surface area contributed by atoms with Crippen molar-refractivity contribution in [2.45, 2.75) is 0 Å². The van der Waals surface area contributed by atoms with Gasteiger partial charge in [-0.15, -0.1) is 0 Å². The van der Waals surface area contributed by atoms with Crippen LogP contribution >= 0.6 is 22.6 Å². The van der Waals surface area contributed by atoms with Gasteiger partial charge in [0.1, 0.15) is 0 Å². The second-order valence-corrected chi connectivity index (χ2v) is 2.17. The van der Waals surface area contributed by atoms with Crippen molar-refractivity contribution in [3.8, 4) is 0 Å². The van der Waals surface area contributed by atoms with E-state index in [9.17, 15) is 4.79 Å². The monoisotopic (exact) mass is 229 g/mol. The Balaban J connectivity index is 2.82. The van der Waals surface area contributed by atoms with Gasteiger partial charge in [-0.1, -0.05) is 0 Å². The molecule has 0 aliphatic heterocycles. The summed E-state index contributed by atoms with van der Waals surface area (Å²) in [4.78, 5) is 10.1. The second kappa shape index (κ2) is 5.30. The van der Waals surface area contributed by atoms with Crippen molar-refractivity contribution in [3.63, 3.8) is 0 Å². The fraction of sp³-hybridized carbons (Fsp3) is 0.750. The van der Waals surface area contributed by atoms with Gasteiger partial charge in [0.15, 0.2) is 0 Å². The van der Waals surface area contributed by atoms with Crippen LogP contribution < -0.4 is 5.32 Å². The van der Waals surface area contributed by atoms with Crippen molar-refractivity contribution in [3.05, 3.63) is 0 Å². The molecule has 0 aliphatic rings. The molecule has 0 spiro atoms. The Morgan fingerprint density at radius 1 is 1.88 bits per heavy atom. The number of nitrogens with one attached hydrogen (secondary N) is 1. The number of hydrogen-bond acceptors (Lipinski definition) is 2. The van der Waals surface area contributed by atoms with E-state index in [1.807, 2.05) is 0 Å². The highest BCUT2D eigenvalue weighted by Crippen LogP contribution is 1.80. The molecule has 0 unspecified atom stereocenters. The Kier molecular flexibility index (Phi) is 5.41. The van der Waals surface area contributed by atoms with Crippen LogP contribution in [0.3, 0.4) is 0 Å². The van der Waals surface area contributed by atoms with Gasteiger partial charge in [0.05, 0.1) is 6.61 Å². The minimum absolute atomic E-state index is 0.0420. The molecular formula is C4H8INO2. The third-order valence-corrected chi connectivity index (χ3v) is 0.952. The number of carbonyl (C=O) groups is 1. The van der Waals surface area contributed by atoms with Crippen LogP contribution in [0.2, 0.25) is 0 Å². The van der Waals surface area contributed by atoms with Gasteiger partial charge in [0.2, 0.25) is 0 Å². The first kappa shape index (κ1) is 8.16. The molecule has 0 aromatic rings. The number of ether oxygens (including phenoxy) is 1. The van der Waals surface area contributed by atoms with Crippen LogP contribution in [-0.2, 0) is 4.74 Å². The molecule has 8 heavy (non-hydrogen) atoms. The first-order valence-electron chi connectivity index (χ1n) is 2.19. The molecule has 0 aromatic carbocycles. The van der Waals surface area contributed by atoms with Crippen LogP contribution in [0.25, 0.3) is 0 Å². The minimum Gasteiger partial charge on any atom is -0.383 e. The summed E-state index contributed by atoms with van der Waals surface area (Å²) >= 11 is 1.68. The Bertz CT molecular complexity index is 76.4. The highest BCUT2D eigenvalue weighted by Gasteiger charge is 1.88. The van der Waals surface area contributed by atoms with Crippen LogP contribution in [0.1, 0.15) is 0 Å². The van der Waals surface area contributed by atoms with E-state index in [2.05, 4.69) is 10.1 Å². The molecule has 1 N–H and O–H groups in total. The fourth-order valence-corrected chi connectivity index (χ4v) is 0.521. The summed E-state index contributed by atoms with van der Waals surface area (Å²) < 4.78 is 4.63. The molecule has 0 saturated carbocycles. The van der Waals surface area contributed by atoms with Crippen LogP contribution in [-0.4, -0.2) is 24.2 Å². The van der Waals surface area contributed by atoms with E-state index in [1.54, 1.807) is 29.7 Å². The van der Waals surface area contributed by atoms with Crippen LogP contribution in [0.15, 0.2) is 0 Å². The average molecular weight is 229 g/mol. The van der Waals surface area contributed by atoms with E-state index in [0.717, 1.165) is 0 Å². The third-order valence-electron chi connectivity index (χ3n) is 0.570. The van der Waals surface area contributed by atoms with Gasteiger partial charge < -0.3 is 10.1 Å². The number of carbonyl (C=O) groups excluding carboxylic acids is 1. The summed E-state index contributed by atoms with van der Waals surface area (Å²) in [5.41, 5.74) is 0. The fourth-order valence-electron chi connectivity index (χ4n) is 0.251. The molecule has 0 bridgehead atoms. The third kappa shape index (κ3) is 6.16. The van der Waals surface area contributed by atoms with Crippen molar-refractivity contribution < 1.29 is 9.53 Å². The van der Waals surface area contributed by atoms with Crippen molar-refractivity contribution >= 4 is 26.5 Å². The molecule has 0 saturated heterocycles. The number of amides is 1. The maximum atomic E-state index is 10.1. The normalized spacial score (nSPS) is 8.75. The smallest absolute Gasteiger partial charge is 0.280 e. The van der Waals surface area contributed by atoms with Crippen molar-refractivity contribution in [2.24, 2.45) is 0 Å². The maximum Gasteiger partial charge on any atom is 0.280 e. The predicted octanol–water partition coefficient (Wildman–Crippen LogP) is 0.777. The Morgan fingerprint density at radius 3 is 2.88 bits per heavy atom. The zero-order valence-electron chi connectivity index (χ0n) is 4.61. The van der Waals surface area contributed by atoms with E-state index < -0.39 is 0 Å².